The predicted molar refractivity (Wildman–Crippen MR) is 152 cm³/mol. The number of nitrogens with zero attached hydrogens (tertiary/aromatic N) is 3. The van der Waals surface area contributed by atoms with Gasteiger partial charge in [0.2, 0.25) is 20.9 Å². The third-order valence-electron chi connectivity index (χ3n) is 7.68. The van der Waals surface area contributed by atoms with Crippen LogP contribution in [0.2, 0.25) is 0 Å². The van der Waals surface area contributed by atoms with E-state index in [2.05, 4.69) is 15.3 Å². The van der Waals surface area contributed by atoms with Crippen LogP contribution < -0.4 is 10.8 Å². The number of rotatable bonds is 8. The Morgan fingerprint density at radius 2 is 1.73 bits per heavy atom. The van der Waals surface area contributed by atoms with E-state index in [9.17, 15) is 18.0 Å². The lowest BCUT2D eigenvalue weighted by atomic mass is 9.81. The first-order chi connectivity index (χ1) is 18.3. The normalized spacial score (nSPS) is 21.8. The number of ether oxygens (including phenoxy) is 1. The molecule has 0 aromatic carbocycles. The topological polar surface area (TPSA) is 137 Å². The standard InChI is InChI=1S/C27H45BN4O7S/c1-18(2)21(31-24(34)37-25(3,4)5)22(33)32-13-10-11-19(17-32)12-14-40(35,36)23-29-15-20(16-30-23)28-38-26(6,7)27(8,9)39-28/h15-16,18-19,21H,10-14,17H2,1-9H3,(H,31,34)/t19-,21+/m0/s1. The molecule has 40 heavy (non-hydrogen) atoms. The van der Waals surface area contributed by atoms with Crippen LogP contribution in [0.4, 0.5) is 4.79 Å². The van der Waals surface area contributed by atoms with E-state index in [4.69, 9.17) is 14.0 Å². The number of hydrogen-bond donors (Lipinski definition) is 1. The molecule has 0 spiro atoms. The number of sulfone groups is 1. The van der Waals surface area contributed by atoms with Crippen LogP contribution in [0.25, 0.3) is 0 Å². The van der Waals surface area contributed by atoms with Gasteiger partial charge in [0.15, 0.2) is 0 Å². The summed E-state index contributed by atoms with van der Waals surface area (Å²) >= 11 is 0. The van der Waals surface area contributed by atoms with Gasteiger partial charge in [0.05, 0.1) is 17.0 Å². The second kappa shape index (κ2) is 11.9. The number of alkyl carbamates (subject to hydrolysis) is 1. The van der Waals surface area contributed by atoms with Crippen LogP contribution in [0, 0.1) is 11.8 Å². The summed E-state index contributed by atoms with van der Waals surface area (Å²) < 4.78 is 43.4. The summed E-state index contributed by atoms with van der Waals surface area (Å²) in [6.07, 6.45) is 4.18. The zero-order chi connectivity index (χ0) is 30.1. The number of carbonyl (C=O) groups is 2. The predicted octanol–water partition coefficient (Wildman–Crippen LogP) is 2.73. The molecule has 13 heteroatoms. The van der Waals surface area contributed by atoms with E-state index in [1.807, 2.05) is 41.5 Å². The molecule has 11 nitrogen and oxygen atoms in total. The summed E-state index contributed by atoms with van der Waals surface area (Å²) in [6.45, 7) is 17.8. The second-order valence-electron chi connectivity index (χ2n) is 13.2. The quantitative estimate of drug-likeness (QED) is 0.364. The highest BCUT2D eigenvalue weighted by Gasteiger charge is 2.52. The second-order valence-corrected chi connectivity index (χ2v) is 15.2. The third kappa shape index (κ3) is 7.94. The van der Waals surface area contributed by atoms with Gasteiger partial charge in [0.1, 0.15) is 11.6 Å². The molecule has 2 aliphatic rings. The lowest BCUT2D eigenvalue weighted by Crippen LogP contribution is -2.54. The van der Waals surface area contributed by atoms with Crippen LogP contribution in [0.3, 0.4) is 0 Å². The van der Waals surface area contributed by atoms with Crippen molar-refractivity contribution in [3.05, 3.63) is 12.4 Å². The number of aromatic nitrogens is 2. The molecule has 0 saturated carbocycles. The van der Waals surface area contributed by atoms with Gasteiger partial charge in [-0.1, -0.05) is 13.8 Å². The van der Waals surface area contributed by atoms with Crippen molar-refractivity contribution in [3.63, 3.8) is 0 Å². The summed E-state index contributed by atoms with van der Waals surface area (Å²) in [6, 6.07) is -0.728. The number of nitrogens with one attached hydrogen (secondary N) is 1. The van der Waals surface area contributed by atoms with E-state index in [1.54, 1.807) is 25.7 Å². The van der Waals surface area contributed by atoms with E-state index < -0.39 is 45.9 Å². The smallest absolute Gasteiger partial charge is 0.444 e. The Morgan fingerprint density at radius 1 is 1.15 bits per heavy atom. The van der Waals surface area contributed by atoms with Crippen molar-refractivity contribution < 1.29 is 32.1 Å². The van der Waals surface area contributed by atoms with Gasteiger partial charge in [0.25, 0.3) is 0 Å². The average Bonchev–Trinajstić information content (AvgIpc) is 3.06. The van der Waals surface area contributed by atoms with Gasteiger partial charge in [-0.05, 0) is 79.6 Å². The van der Waals surface area contributed by atoms with Crippen LogP contribution in [-0.4, -0.2) is 84.1 Å². The van der Waals surface area contributed by atoms with Crippen molar-refractivity contribution in [2.45, 2.75) is 110 Å². The summed E-state index contributed by atoms with van der Waals surface area (Å²) in [7, 11) is -4.40. The zero-order valence-corrected chi connectivity index (χ0v) is 26.1. The maximum Gasteiger partial charge on any atom is 0.498 e. The maximum atomic E-state index is 13.3. The Balaban J connectivity index is 1.58. The molecule has 2 atom stereocenters. The van der Waals surface area contributed by atoms with E-state index in [0.717, 1.165) is 12.8 Å². The van der Waals surface area contributed by atoms with Crippen molar-refractivity contribution in [3.8, 4) is 0 Å². The Morgan fingerprint density at radius 3 is 2.25 bits per heavy atom. The molecule has 0 radical (unpaired) electrons. The van der Waals surface area contributed by atoms with Gasteiger partial charge in [-0.2, -0.15) is 0 Å². The first kappa shape index (κ1) is 32.3. The van der Waals surface area contributed by atoms with Crippen LogP contribution in [0.5, 0.6) is 0 Å². The minimum Gasteiger partial charge on any atom is -0.444 e. The molecule has 1 N–H and O–H groups in total. The van der Waals surface area contributed by atoms with E-state index >= 15 is 0 Å². The monoisotopic (exact) mass is 580 g/mol. The molecule has 0 aliphatic carbocycles. The molecule has 0 bridgehead atoms. The van der Waals surface area contributed by atoms with Gasteiger partial charge < -0.3 is 24.3 Å². The Labute approximate surface area is 239 Å². The summed E-state index contributed by atoms with van der Waals surface area (Å²) in [5.41, 5.74) is -1.18. The molecule has 1 aromatic rings. The van der Waals surface area contributed by atoms with Gasteiger partial charge in [0, 0.05) is 30.9 Å². The largest absolute Gasteiger partial charge is 0.498 e. The first-order valence-corrected chi connectivity index (χ1v) is 15.7. The van der Waals surface area contributed by atoms with Crippen LogP contribution in [0.15, 0.2) is 17.6 Å². The fourth-order valence-corrected chi connectivity index (χ4v) is 5.90. The molecule has 2 saturated heterocycles. The molecule has 3 rings (SSSR count). The van der Waals surface area contributed by atoms with E-state index in [1.165, 1.54) is 12.4 Å². The molecule has 1 aromatic heterocycles. The SMILES string of the molecule is CC(C)[C@@H](NC(=O)OC(C)(C)C)C(=O)N1CCC[C@@H](CCS(=O)(=O)c2ncc(B3OC(C)(C)C(C)(C)O3)cn2)C1. The van der Waals surface area contributed by atoms with Crippen molar-refractivity contribution in [1.82, 2.24) is 20.2 Å². The maximum absolute atomic E-state index is 13.3. The molecule has 2 fully saturated rings. The first-order valence-electron chi connectivity index (χ1n) is 14.0. The Hall–Kier alpha value is -2.25. The summed E-state index contributed by atoms with van der Waals surface area (Å²) in [5.74, 6) is -0.446. The van der Waals surface area contributed by atoms with Crippen LogP contribution in [0.1, 0.15) is 81.6 Å². The minimum absolute atomic E-state index is 0.00541. The number of piperidine rings is 1. The average molecular weight is 581 g/mol. The van der Waals surface area contributed by atoms with E-state index in [0.29, 0.717) is 25.0 Å². The van der Waals surface area contributed by atoms with Gasteiger partial charge in [-0.25, -0.2) is 23.2 Å². The highest BCUT2D eigenvalue weighted by atomic mass is 32.2. The number of likely N-dealkylation sites (tertiary alicyclic amines) is 1. The molecule has 3 heterocycles. The number of hydrogen-bond acceptors (Lipinski definition) is 9. The Kier molecular flexibility index (Phi) is 9.63. The van der Waals surface area contributed by atoms with Gasteiger partial charge in [-0.3, -0.25) is 4.79 Å². The zero-order valence-electron chi connectivity index (χ0n) is 25.3. The van der Waals surface area contributed by atoms with Gasteiger partial charge >= 0.3 is 13.2 Å². The fourth-order valence-electron chi connectivity index (χ4n) is 4.65. The molecule has 0 unspecified atom stereocenters. The lowest BCUT2D eigenvalue weighted by Gasteiger charge is -2.36. The lowest BCUT2D eigenvalue weighted by molar-refractivity contribution is -0.136. The molecule has 2 amide bonds. The highest BCUT2D eigenvalue weighted by Crippen LogP contribution is 2.36. The highest BCUT2D eigenvalue weighted by molar-refractivity contribution is 7.91. The van der Waals surface area contributed by atoms with Crippen LogP contribution >= 0.6 is 0 Å². The summed E-state index contributed by atoms with van der Waals surface area (Å²) in [5, 5.41) is 2.48. The Bertz CT molecular complexity index is 1150. The third-order valence-corrected chi connectivity index (χ3v) is 9.22. The number of amides is 2. The van der Waals surface area contributed by atoms with Crippen molar-refractivity contribution in [2.24, 2.45) is 11.8 Å². The number of carbonyl (C=O) groups excluding carboxylic acids is 2. The van der Waals surface area contributed by atoms with E-state index in [-0.39, 0.29) is 28.7 Å². The molecular weight excluding hydrogens is 535 g/mol. The van der Waals surface area contributed by atoms with Crippen molar-refractivity contribution in [1.29, 1.82) is 0 Å². The van der Waals surface area contributed by atoms with Crippen LogP contribution in [-0.2, 0) is 28.7 Å². The van der Waals surface area contributed by atoms with Crippen molar-refractivity contribution in [2.75, 3.05) is 18.8 Å². The fraction of sp³-hybridized carbons (Fsp3) is 0.778. The molecule has 224 valence electrons. The molecular formula is C27H45BN4O7S. The minimum atomic E-state index is -3.73. The molecule has 2 aliphatic heterocycles. The van der Waals surface area contributed by atoms with Gasteiger partial charge in [-0.15, -0.1) is 0 Å². The summed E-state index contributed by atoms with van der Waals surface area (Å²) in [4.78, 5) is 35.6. The van der Waals surface area contributed by atoms with Crippen molar-refractivity contribution >= 4 is 34.4 Å².